The lowest BCUT2D eigenvalue weighted by atomic mass is 10.0. The summed E-state index contributed by atoms with van der Waals surface area (Å²) in [4.78, 5) is 17.8. The number of aromatic nitrogens is 5. The van der Waals surface area contributed by atoms with Crippen molar-refractivity contribution in [3.8, 4) is 11.3 Å². The molecule has 1 N–H and O–H groups in total. The molecular weight excluding hydrogens is 456 g/mol. The van der Waals surface area contributed by atoms with Gasteiger partial charge < -0.3 is 5.32 Å². The van der Waals surface area contributed by atoms with E-state index in [0.29, 0.717) is 12.1 Å². The first kappa shape index (κ1) is 21.2. The predicted octanol–water partition coefficient (Wildman–Crippen LogP) is 4.34. The lowest BCUT2D eigenvalue weighted by Crippen LogP contribution is -2.26. The van der Waals surface area contributed by atoms with Crippen molar-refractivity contribution < 1.29 is 4.79 Å². The topological polar surface area (TPSA) is 77.6 Å². The molecular formula is C23H25BrN6O. The van der Waals surface area contributed by atoms with Crippen LogP contribution in [-0.2, 0) is 13.6 Å². The van der Waals surface area contributed by atoms with E-state index in [1.54, 1.807) is 6.20 Å². The van der Waals surface area contributed by atoms with Crippen molar-refractivity contribution in [2.24, 2.45) is 7.05 Å². The number of carbonyl (C=O) groups is 1. The van der Waals surface area contributed by atoms with Gasteiger partial charge in [-0.05, 0) is 55.3 Å². The number of halogens is 1. The molecule has 0 aliphatic rings. The molecule has 4 aromatic rings. The zero-order valence-electron chi connectivity index (χ0n) is 18.1. The number of para-hydroxylation sites is 1. The van der Waals surface area contributed by atoms with Gasteiger partial charge in [0.15, 0.2) is 0 Å². The van der Waals surface area contributed by atoms with Gasteiger partial charge in [0.1, 0.15) is 0 Å². The fraction of sp³-hybridized carbons (Fsp3) is 0.304. The average molecular weight is 481 g/mol. The number of fused-ring (bicyclic) bond motifs is 1. The smallest absolute Gasteiger partial charge is 0.252 e. The van der Waals surface area contributed by atoms with Crippen molar-refractivity contribution in [1.29, 1.82) is 0 Å². The van der Waals surface area contributed by atoms with Gasteiger partial charge in [-0.15, -0.1) is 0 Å². The number of rotatable bonds is 6. The Balaban J connectivity index is 1.54. The average Bonchev–Trinajstić information content (AvgIpc) is 3.23. The molecule has 0 bridgehead atoms. The van der Waals surface area contributed by atoms with Gasteiger partial charge in [0.25, 0.3) is 5.91 Å². The van der Waals surface area contributed by atoms with E-state index in [0.717, 1.165) is 56.7 Å². The van der Waals surface area contributed by atoms with Crippen molar-refractivity contribution in [3.63, 3.8) is 0 Å². The maximum Gasteiger partial charge on any atom is 0.252 e. The summed E-state index contributed by atoms with van der Waals surface area (Å²) in [5, 5.41) is 12.7. The lowest BCUT2D eigenvalue weighted by Gasteiger charge is -2.11. The first-order chi connectivity index (χ1) is 14.9. The Hall–Kier alpha value is -3.00. The third-order valence-electron chi connectivity index (χ3n) is 5.60. The normalized spacial score (nSPS) is 11.3. The third-order valence-corrected chi connectivity index (χ3v) is 6.75. The molecule has 0 spiro atoms. The molecule has 0 aliphatic heterocycles. The number of pyridine rings is 1. The van der Waals surface area contributed by atoms with Crippen LogP contribution in [0.15, 0.2) is 41.0 Å². The number of amides is 1. The van der Waals surface area contributed by atoms with Crippen LogP contribution in [0.3, 0.4) is 0 Å². The highest BCUT2D eigenvalue weighted by Gasteiger charge is 2.16. The number of nitrogens with zero attached hydrogens (tertiary/aromatic N) is 5. The Morgan fingerprint density at radius 2 is 1.94 bits per heavy atom. The SMILES string of the molecule is Cc1nn(CCCNC(=O)c2cc(-c3cnn(C)c3C)nc3ccccc23)c(C)c1Br. The summed E-state index contributed by atoms with van der Waals surface area (Å²) in [5.41, 5.74) is 6.17. The molecule has 0 aliphatic carbocycles. The second-order valence-corrected chi connectivity index (χ2v) is 8.45. The van der Waals surface area contributed by atoms with Gasteiger partial charge in [-0.2, -0.15) is 10.2 Å². The number of aryl methyl sites for hydroxylation is 3. The molecule has 160 valence electrons. The van der Waals surface area contributed by atoms with Gasteiger partial charge in [-0.3, -0.25) is 14.2 Å². The number of nitrogens with one attached hydrogen (secondary N) is 1. The second kappa shape index (κ2) is 8.63. The van der Waals surface area contributed by atoms with E-state index in [4.69, 9.17) is 4.98 Å². The monoisotopic (exact) mass is 480 g/mol. The second-order valence-electron chi connectivity index (χ2n) is 7.66. The van der Waals surface area contributed by atoms with Crippen molar-refractivity contribution in [2.75, 3.05) is 6.54 Å². The zero-order chi connectivity index (χ0) is 22.1. The van der Waals surface area contributed by atoms with E-state index in [-0.39, 0.29) is 5.91 Å². The molecule has 8 heteroatoms. The minimum Gasteiger partial charge on any atom is -0.352 e. The zero-order valence-corrected chi connectivity index (χ0v) is 19.7. The van der Waals surface area contributed by atoms with Crippen LogP contribution in [0.5, 0.6) is 0 Å². The Morgan fingerprint density at radius 3 is 2.61 bits per heavy atom. The molecule has 4 rings (SSSR count). The minimum atomic E-state index is -0.101. The van der Waals surface area contributed by atoms with Gasteiger partial charge >= 0.3 is 0 Å². The number of carbonyl (C=O) groups excluding carboxylic acids is 1. The number of hydrogen-bond acceptors (Lipinski definition) is 4. The fourth-order valence-electron chi connectivity index (χ4n) is 3.67. The van der Waals surface area contributed by atoms with E-state index in [1.165, 1.54) is 0 Å². The van der Waals surface area contributed by atoms with Crippen molar-refractivity contribution in [3.05, 3.63) is 63.6 Å². The van der Waals surface area contributed by atoms with Crippen LogP contribution >= 0.6 is 15.9 Å². The van der Waals surface area contributed by atoms with Crippen LogP contribution in [0.4, 0.5) is 0 Å². The highest BCUT2D eigenvalue weighted by atomic mass is 79.9. The van der Waals surface area contributed by atoms with E-state index in [9.17, 15) is 4.79 Å². The quantitative estimate of drug-likeness (QED) is 0.416. The van der Waals surface area contributed by atoms with Gasteiger partial charge in [0, 0.05) is 42.5 Å². The van der Waals surface area contributed by atoms with E-state index in [1.807, 2.05) is 67.5 Å². The summed E-state index contributed by atoms with van der Waals surface area (Å²) in [6.07, 6.45) is 2.58. The summed E-state index contributed by atoms with van der Waals surface area (Å²) in [7, 11) is 1.90. The molecule has 0 fully saturated rings. The van der Waals surface area contributed by atoms with E-state index < -0.39 is 0 Å². The Labute approximate surface area is 189 Å². The van der Waals surface area contributed by atoms with Gasteiger partial charge in [0.05, 0.1) is 33.1 Å². The Bertz CT molecular complexity index is 1270. The van der Waals surface area contributed by atoms with Crippen LogP contribution in [0.2, 0.25) is 0 Å². The van der Waals surface area contributed by atoms with E-state index in [2.05, 4.69) is 31.4 Å². The molecule has 0 saturated carbocycles. The van der Waals surface area contributed by atoms with Crippen LogP contribution in [0, 0.1) is 20.8 Å². The molecule has 1 amide bonds. The van der Waals surface area contributed by atoms with Crippen LogP contribution in [0.1, 0.15) is 33.9 Å². The first-order valence-electron chi connectivity index (χ1n) is 10.2. The molecule has 7 nitrogen and oxygen atoms in total. The Kier molecular flexibility index (Phi) is 5.91. The molecule has 3 heterocycles. The van der Waals surface area contributed by atoms with Crippen molar-refractivity contribution in [2.45, 2.75) is 33.7 Å². The summed E-state index contributed by atoms with van der Waals surface area (Å²) in [6, 6.07) is 9.59. The predicted molar refractivity (Wildman–Crippen MR) is 125 cm³/mol. The first-order valence-corrected chi connectivity index (χ1v) is 11.0. The van der Waals surface area contributed by atoms with Gasteiger partial charge in [-0.25, -0.2) is 4.98 Å². The maximum atomic E-state index is 13.1. The van der Waals surface area contributed by atoms with Gasteiger partial charge in [0.2, 0.25) is 0 Å². The highest BCUT2D eigenvalue weighted by Crippen LogP contribution is 2.26. The fourth-order valence-corrected chi connectivity index (χ4v) is 3.95. The third kappa shape index (κ3) is 4.12. The molecule has 0 atom stereocenters. The lowest BCUT2D eigenvalue weighted by molar-refractivity contribution is 0.0954. The van der Waals surface area contributed by atoms with Crippen molar-refractivity contribution >= 4 is 32.7 Å². The summed E-state index contributed by atoms with van der Waals surface area (Å²) < 4.78 is 4.82. The maximum absolute atomic E-state index is 13.1. The standard InChI is InChI=1S/C23H25BrN6O/c1-14-22(24)16(3)30(28-14)11-7-10-25-23(31)18-12-21(19-13-26-29(4)15(19)2)27-20-9-6-5-8-17(18)20/h5-6,8-9,12-13H,7,10-11H2,1-4H3,(H,25,31). The molecule has 0 radical (unpaired) electrons. The molecule has 1 aromatic carbocycles. The molecule has 31 heavy (non-hydrogen) atoms. The van der Waals surface area contributed by atoms with E-state index >= 15 is 0 Å². The number of hydrogen-bond donors (Lipinski definition) is 1. The summed E-state index contributed by atoms with van der Waals surface area (Å²) in [5.74, 6) is -0.101. The Morgan fingerprint density at radius 1 is 1.16 bits per heavy atom. The largest absolute Gasteiger partial charge is 0.352 e. The van der Waals surface area contributed by atoms with Gasteiger partial charge in [-0.1, -0.05) is 18.2 Å². The minimum absolute atomic E-state index is 0.101. The summed E-state index contributed by atoms with van der Waals surface area (Å²) >= 11 is 3.55. The van der Waals surface area contributed by atoms with Crippen LogP contribution in [-0.4, -0.2) is 37.0 Å². The highest BCUT2D eigenvalue weighted by molar-refractivity contribution is 9.10. The number of benzene rings is 1. The molecule has 0 saturated heterocycles. The molecule has 3 aromatic heterocycles. The van der Waals surface area contributed by atoms with Crippen molar-refractivity contribution in [1.82, 2.24) is 29.9 Å². The molecule has 0 unspecified atom stereocenters. The summed E-state index contributed by atoms with van der Waals surface area (Å²) in [6.45, 7) is 7.32. The van der Waals surface area contributed by atoms with Crippen LogP contribution < -0.4 is 5.32 Å². The van der Waals surface area contributed by atoms with Crippen LogP contribution in [0.25, 0.3) is 22.2 Å².